The highest BCUT2D eigenvalue weighted by Crippen LogP contribution is 2.27. The van der Waals surface area contributed by atoms with Crippen LogP contribution in [-0.2, 0) is 6.61 Å². The molecule has 0 spiro atoms. The molecule has 1 heterocycles. The van der Waals surface area contributed by atoms with Crippen LogP contribution in [0.1, 0.15) is 31.0 Å². The van der Waals surface area contributed by atoms with Crippen molar-refractivity contribution in [1.82, 2.24) is 9.78 Å². The summed E-state index contributed by atoms with van der Waals surface area (Å²) in [5, 5.41) is 13.5. The molecular weight excluding hydrogens is 268 g/mol. The lowest BCUT2D eigenvalue weighted by atomic mass is 10.2. The van der Waals surface area contributed by atoms with Crippen LogP contribution in [-0.4, -0.2) is 16.9 Å². The van der Waals surface area contributed by atoms with E-state index < -0.39 is 0 Å². The summed E-state index contributed by atoms with van der Waals surface area (Å²) in [4.78, 5) is 0. The van der Waals surface area contributed by atoms with Crippen LogP contribution in [0.4, 0.5) is 5.82 Å². The van der Waals surface area contributed by atoms with Gasteiger partial charge in [-0.15, -0.1) is 5.10 Å². The van der Waals surface area contributed by atoms with Crippen molar-refractivity contribution in [2.24, 2.45) is 0 Å². The summed E-state index contributed by atoms with van der Waals surface area (Å²) in [7, 11) is 1.60. The summed E-state index contributed by atoms with van der Waals surface area (Å²) in [5.74, 6) is 1.30. The van der Waals surface area contributed by atoms with Gasteiger partial charge in [-0.2, -0.15) is 5.26 Å². The van der Waals surface area contributed by atoms with Gasteiger partial charge in [-0.05, 0) is 19.9 Å². The van der Waals surface area contributed by atoms with E-state index in [1.54, 1.807) is 11.8 Å². The van der Waals surface area contributed by atoms with Gasteiger partial charge in [0.05, 0.1) is 7.11 Å². The monoisotopic (exact) mass is 286 g/mol. The Bertz CT molecular complexity index is 671. The molecule has 6 nitrogen and oxygen atoms in total. The Balaban J connectivity index is 2.24. The Morgan fingerprint density at radius 2 is 2.10 bits per heavy atom. The number of hydrogen-bond acceptors (Lipinski definition) is 5. The number of anilines is 1. The van der Waals surface area contributed by atoms with Gasteiger partial charge in [-0.1, -0.05) is 18.2 Å². The van der Waals surface area contributed by atoms with Crippen molar-refractivity contribution in [3.05, 3.63) is 35.4 Å². The third-order valence-corrected chi connectivity index (χ3v) is 3.07. The van der Waals surface area contributed by atoms with Gasteiger partial charge >= 0.3 is 0 Å². The van der Waals surface area contributed by atoms with Crippen molar-refractivity contribution in [1.29, 1.82) is 5.26 Å². The van der Waals surface area contributed by atoms with Crippen LogP contribution in [0.15, 0.2) is 24.3 Å². The minimum absolute atomic E-state index is 0.0562. The van der Waals surface area contributed by atoms with Gasteiger partial charge in [0.2, 0.25) is 0 Å². The quantitative estimate of drug-likeness (QED) is 0.912. The molecule has 1 aromatic carbocycles. The summed E-state index contributed by atoms with van der Waals surface area (Å²) in [6, 6.07) is 9.62. The van der Waals surface area contributed by atoms with Crippen LogP contribution >= 0.6 is 0 Å². The smallest absolute Gasteiger partial charge is 0.253 e. The van der Waals surface area contributed by atoms with E-state index in [1.165, 1.54) is 0 Å². The molecule has 0 amide bonds. The zero-order valence-corrected chi connectivity index (χ0v) is 12.3. The van der Waals surface area contributed by atoms with Crippen molar-refractivity contribution >= 4 is 5.82 Å². The van der Waals surface area contributed by atoms with Gasteiger partial charge in [0.1, 0.15) is 24.2 Å². The van der Waals surface area contributed by atoms with Gasteiger partial charge in [0.15, 0.2) is 5.56 Å². The van der Waals surface area contributed by atoms with E-state index in [0.717, 1.165) is 11.3 Å². The fourth-order valence-corrected chi connectivity index (χ4v) is 1.99. The molecule has 0 saturated carbocycles. The predicted octanol–water partition coefficient (Wildman–Crippen LogP) is 2.51. The standard InChI is InChI=1S/C15H18N4O2/c1-10(2)19-14(17)12(8-16)15(18-19)21-9-11-6-4-5-7-13(11)20-3/h4-7,10H,9,17H2,1-3H3. The van der Waals surface area contributed by atoms with Gasteiger partial charge < -0.3 is 15.2 Å². The lowest BCUT2D eigenvalue weighted by molar-refractivity contribution is 0.279. The topological polar surface area (TPSA) is 86.1 Å². The van der Waals surface area contributed by atoms with Crippen LogP contribution in [0.2, 0.25) is 0 Å². The molecule has 2 rings (SSSR count). The summed E-state index contributed by atoms with van der Waals surface area (Å²) in [5.41, 5.74) is 7.05. The second-order valence-corrected chi connectivity index (χ2v) is 4.82. The second kappa shape index (κ2) is 6.18. The van der Waals surface area contributed by atoms with Crippen LogP contribution in [0.25, 0.3) is 0 Å². The number of nitrogens with two attached hydrogens (primary N) is 1. The molecule has 1 aromatic heterocycles. The molecule has 2 aromatic rings. The van der Waals surface area contributed by atoms with Crippen molar-refractivity contribution in [2.45, 2.75) is 26.5 Å². The van der Waals surface area contributed by atoms with Crippen molar-refractivity contribution in [2.75, 3.05) is 12.8 Å². The molecule has 0 aliphatic heterocycles. The van der Waals surface area contributed by atoms with E-state index in [9.17, 15) is 5.26 Å². The average Bonchev–Trinajstić information content (AvgIpc) is 2.81. The van der Waals surface area contributed by atoms with E-state index in [2.05, 4.69) is 5.10 Å². The molecule has 2 N–H and O–H groups in total. The van der Waals surface area contributed by atoms with E-state index in [4.69, 9.17) is 15.2 Å². The number of ether oxygens (including phenoxy) is 2. The van der Waals surface area contributed by atoms with Crippen molar-refractivity contribution < 1.29 is 9.47 Å². The highest BCUT2D eigenvalue weighted by molar-refractivity contribution is 5.55. The molecule has 0 saturated heterocycles. The fraction of sp³-hybridized carbons (Fsp3) is 0.333. The molecule has 21 heavy (non-hydrogen) atoms. The SMILES string of the molecule is COc1ccccc1COc1nn(C(C)C)c(N)c1C#N. The van der Waals surface area contributed by atoms with Gasteiger partial charge in [0.25, 0.3) is 5.88 Å². The predicted molar refractivity (Wildman–Crippen MR) is 79.1 cm³/mol. The number of nitrogens with zero attached hydrogens (tertiary/aromatic N) is 3. The summed E-state index contributed by atoms with van der Waals surface area (Å²) in [6.07, 6.45) is 0. The maximum atomic E-state index is 9.20. The number of aromatic nitrogens is 2. The Morgan fingerprint density at radius 1 is 1.38 bits per heavy atom. The lowest BCUT2D eigenvalue weighted by Crippen LogP contribution is -2.07. The molecule has 0 radical (unpaired) electrons. The van der Waals surface area contributed by atoms with E-state index in [-0.39, 0.29) is 24.1 Å². The number of nitriles is 1. The van der Waals surface area contributed by atoms with Gasteiger partial charge in [0, 0.05) is 11.6 Å². The highest BCUT2D eigenvalue weighted by atomic mass is 16.5. The Kier molecular flexibility index (Phi) is 4.33. The van der Waals surface area contributed by atoms with Crippen LogP contribution in [0.5, 0.6) is 11.6 Å². The number of benzene rings is 1. The fourth-order valence-electron chi connectivity index (χ4n) is 1.99. The number of rotatable bonds is 5. The molecule has 0 aliphatic carbocycles. The number of hydrogen-bond donors (Lipinski definition) is 1. The first-order chi connectivity index (χ1) is 10.1. The van der Waals surface area contributed by atoms with E-state index in [1.807, 2.05) is 44.2 Å². The Labute approximate surface area is 123 Å². The molecule has 0 bridgehead atoms. The lowest BCUT2D eigenvalue weighted by Gasteiger charge is -2.08. The van der Waals surface area contributed by atoms with Gasteiger partial charge in [-0.25, -0.2) is 4.68 Å². The number of methoxy groups -OCH3 is 1. The average molecular weight is 286 g/mol. The first-order valence-corrected chi connectivity index (χ1v) is 6.61. The third kappa shape index (κ3) is 2.92. The van der Waals surface area contributed by atoms with E-state index >= 15 is 0 Å². The molecule has 0 unspecified atom stereocenters. The highest BCUT2D eigenvalue weighted by Gasteiger charge is 2.18. The normalized spacial score (nSPS) is 10.4. The second-order valence-electron chi connectivity index (χ2n) is 4.82. The zero-order chi connectivity index (χ0) is 15.4. The maximum absolute atomic E-state index is 9.20. The van der Waals surface area contributed by atoms with Crippen molar-refractivity contribution in [3.63, 3.8) is 0 Å². The molecular formula is C15H18N4O2. The first kappa shape index (κ1) is 14.7. The van der Waals surface area contributed by atoms with E-state index in [0.29, 0.717) is 5.82 Å². The maximum Gasteiger partial charge on any atom is 0.253 e. The van der Waals surface area contributed by atoms with Crippen LogP contribution in [0, 0.1) is 11.3 Å². The molecule has 0 aliphatic rings. The minimum atomic E-state index is 0.0562. The number of nitrogen functional groups attached to an aromatic ring is 1. The largest absolute Gasteiger partial charge is 0.496 e. The van der Waals surface area contributed by atoms with Crippen LogP contribution < -0.4 is 15.2 Å². The van der Waals surface area contributed by atoms with Crippen molar-refractivity contribution in [3.8, 4) is 17.7 Å². The zero-order valence-electron chi connectivity index (χ0n) is 12.3. The van der Waals surface area contributed by atoms with Crippen LogP contribution in [0.3, 0.4) is 0 Å². The molecule has 0 atom stereocenters. The molecule has 0 fully saturated rings. The molecule has 6 heteroatoms. The summed E-state index contributed by atoms with van der Waals surface area (Å²) >= 11 is 0. The minimum Gasteiger partial charge on any atom is -0.496 e. The number of para-hydroxylation sites is 1. The Hall–Kier alpha value is -2.68. The summed E-state index contributed by atoms with van der Waals surface area (Å²) < 4.78 is 12.5. The Morgan fingerprint density at radius 3 is 2.71 bits per heavy atom. The summed E-state index contributed by atoms with van der Waals surface area (Å²) in [6.45, 7) is 4.14. The first-order valence-electron chi connectivity index (χ1n) is 6.61. The molecule has 110 valence electrons. The van der Waals surface area contributed by atoms with Gasteiger partial charge in [-0.3, -0.25) is 0 Å². The third-order valence-electron chi connectivity index (χ3n) is 3.07.